The van der Waals surface area contributed by atoms with Crippen molar-refractivity contribution in [2.75, 3.05) is 0 Å². The minimum absolute atomic E-state index is 0.0729. The molecule has 0 saturated carbocycles. The molecule has 1 aromatic rings. The Labute approximate surface area is 121 Å². The maximum Gasteiger partial charge on any atom is 0.534 e. The van der Waals surface area contributed by atoms with E-state index in [0.717, 1.165) is 0 Å². The van der Waals surface area contributed by atoms with E-state index in [1.807, 2.05) is 0 Å². The molecule has 0 spiro atoms. The Morgan fingerprint density at radius 1 is 1.05 bits per heavy atom. The van der Waals surface area contributed by atoms with Crippen molar-refractivity contribution < 1.29 is 38.9 Å². The number of hydrogen-bond acceptors (Lipinski definition) is 4. The fourth-order valence-electron chi connectivity index (χ4n) is 2.13. The van der Waals surface area contributed by atoms with E-state index in [-0.39, 0.29) is 30.2 Å². The molecule has 0 unspecified atom stereocenters. The summed E-state index contributed by atoms with van der Waals surface area (Å²) in [6, 6.07) is 0.188. The molecule has 1 aliphatic rings. The molecule has 0 radical (unpaired) electrons. The van der Waals surface area contributed by atoms with Gasteiger partial charge in [0.25, 0.3) is 0 Å². The van der Waals surface area contributed by atoms with Gasteiger partial charge in [-0.15, -0.1) is 0 Å². The van der Waals surface area contributed by atoms with Gasteiger partial charge in [0.15, 0.2) is 0 Å². The van der Waals surface area contributed by atoms with Crippen LogP contribution in [0, 0.1) is 0 Å². The summed E-state index contributed by atoms with van der Waals surface area (Å²) in [6.45, 7) is 0. The summed E-state index contributed by atoms with van der Waals surface area (Å²) >= 11 is 0. The number of nitrogens with zero attached hydrogens (tertiary/aromatic N) is 1. The van der Waals surface area contributed by atoms with E-state index in [1.165, 1.54) is 0 Å². The van der Waals surface area contributed by atoms with Crippen LogP contribution < -0.4 is 4.18 Å². The van der Waals surface area contributed by atoms with Crippen LogP contribution >= 0.6 is 0 Å². The van der Waals surface area contributed by atoms with Crippen molar-refractivity contribution in [3.05, 3.63) is 22.9 Å². The van der Waals surface area contributed by atoms with Crippen molar-refractivity contribution >= 4 is 10.1 Å². The number of rotatable bonds is 2. The maximum atomic E-state index is 13.0. The standard InChI is InChI=1S/C11H9F6NO3S/c12-10(13,14)7-5-9(21-22(19,20)11(15,16)17)18-8-4-2-1-3-6(7)8/h5H,1-4H2. The van der Waals surface area contributed by atoms with E-state index in [1.54, 1.807) is 0 Å². The van der Waals surface area contributed by atoms with Crippen LogP contribution in [0.2, 0.25) is 0 Å². The zero-order valence-corrected chi connectivity index (χ0v) is 11.6. The molecule has 0 fully saturated rings. The summed E-state index contributed by atoms with van der Waals surface area (Å²) in [7, 11) is -6.07. The van der Waals surface area contributed by atoms with Gasteiger partial charge < -0.3 is 4.18 Å². The van der Waals surface area contributed by atoms with Crippen LogP contribution in [0.5, 0.6) is 5.88 Å². The molecule has 1 aliphatic carbocycles. The summed E-state index contributed by atoms with van der Waals surface area (Å²) in [5.74, 6) is -1.23. The van der Waals surface area contributed by atoms with Crippen molar-refractivity contribution in [1.82, 2.24) is 4.98 Å². The van der Waals surface area contributed by atoms with Gasteiger partial charge in [-0.05, 0) is 31.2 Å². The number of aromatic nitrogens is 1. The van der Waals surface area contributed by atoms with E-state index in [2.05, 4.69) is 9.17 Å². The van der Waals surface area contributed by atoms with Gasteiger partial charge in [-0.1, -0.05) is 0 Å². The van der Waals surface area contributed by atoms with Gasteiger partial charge in [0.1, 0.15) is 0 Å². The minimum atomic E-state index is -6.07. The number of hydrogen-bond donors (Lipinski definition) is 0. The van der Waals surface area contributed by atoms with Gasteiger partial charge in [0.2, 0.25) is 5.88 Å². The fraction of sp³-hybridized carbons (Fsp3) is 0.545. The Balaban J connectivity index is 2.51. The monoisotopic (exact) mass is 349 g/mol. The van der Waals surface area contributed by atoms with E-state index in [4.69, 9.17) is 0 Å². The second-order valence-electron chi connectivity index (χ2n) is 4.62. The second kappa shape index (κ2) is 5.28. The number of aryl methyl sites for hydroxylation is 1. The topological polar surface area (TPSA) is 56.3 Å². The van der Waals surface area contributed by atoms with Crippen LogP contribution in [-0.4, -0.2) is 18.9 Å². The third-order valence-corrected chi connectivity index (χ3v) is 4.02. The second-order valence-corrected chi connectivity index (χ2v) is 6.16. The smallest absolute Gasteiger partial charge is 0.355 e. The predicted molar refractivity (Wildman–Crippen MR) is 61.5 cm³/mol. The number of fused-ring (bicyclic) bond motifs is 1. The van der Waals surface area contributed by atoms with E-state index in [9.17, 15) is 34.8 Å². The van der Waals surface area contributed by atoms with E-state index < -0.39 is 33.2 Å². The molecule has 2 rings (SSSR count). The molecule has 0 atom stereocenters. The molecule has 0 aliphatic heterocycles. The lowest BCUT2D eigenvalue weighted by molar-refractivity contribution is -0.138. The first kappa shape index (κ1) is 16.8. The van der Waals surface area contributed by atoms with Crippen LogP contribution in [0.25, 0.3) is 0 Å². The van der Waals surface area contributed by atoms with E-state index in [0.29, 0.717) is 12.8 Å². The van der Waals surface area contributed by atoms with Crippen LogP contribution in [0.4, 0.5) is 26.3 Å². The highest BCUT2D eigenvalue weighted by atomic mass is 32.2. The summed E-state index contributed by atoms with van der Waals surface area (Å²) < 4.78 is 101. The molecule has 11 heteroatoms. The number of alkyl halides is 6. The van der Waals surface area contributed by atoms with Crippen LogP contribution in [0.1, 0.15) is 29.7 Å². The molecule has 0 aromatic carbocycles. The molecule has 0 N–H and O–H groups in total. The van der Waals surface area contributed by atoms with Crippen molar-refractivity contribution in [2.45, 2.75) is 37.4 Å². The number of halogens is 6. The Morgan fingerprint density at radius 2 is 1.64 bits per heavy atom. The summed E-state index contributed by atoms with van der Waals surface area (Å²) in [5, 5.41) is 0. The SMILES string of the molecule is O=S(=O)(Oc1cc(C(F)(F)F)c2c(n1)CCCC2)C(F)(F)F. The summed E-state index contributed by atoms with van der Waals surface area (Å²) in [6.07, 6.45) is -3.67. The fourth-order valence-corrected chi connectivity index (χ4v) is 2.54. The molecule has 124 valence electrons. The van der Waals surface area contributed by atoms with Crippen LogP contribution in [0.3, 0.4) is 0 Å². The van der Waals surface area contributed by atoms with Gasteiger partial charge in [0.05, 0.1) is 5.56 Å². The first-order chi connectivity index (χ1) is 9.92. The summed E-state index contributed by atoms with van der Waals surface area (Å²) in [5.41, 5.74) is -7.18. The maximum absolute atomic E-state index is 13.0. The highest BCUT2D eigenvalue weighted by Crippen LogP contribution is 2.38. The molecular weight excluding hydrogens is 340 g/mol. The van der Waals surface area contributed by atoms with Gasteiger partial charge >= 0.3 is 21.8 Å². The van der Waals surface area contributed by atoms with Crippen molar-refractivity contribution in [3.8, 4) is 5.88 Å². The molecule has 1 heterocycles. The molecule has 0 saturated heterocycles. The van der Waals surface area contributed by atoms with Crippen molar-refractivity contribution in [3.63, 3.8) is 0 Å². The Kier molecular flexibility index (Phi) is 4.05. The average molecular weight is 349 g/mol. The van der Waals surface area contributed by atoms with Crippen LogP contribution in [0.15, 0.2) is 6.07 Å². The Bertz CT molecular complexity index is 680. The Hall–Kier alpha value is -1.52. The lowest BCUT2D eigenvalue weighted by Crippen LogP contribution is -2.29. The third-order valence-electron chi connectivity index (χ3n) is 3.06. The normalized spacial score (nSPS) is 16.3. The quantitative estimate of drug-likeness (QED) is 0.467. The first-order valence-electron chi connectivity index (χ1n) is 6.02. The van der Waals surface area contributed by atoms with Crippen molar-refractivity contribution in [1.29, 1.82) is 0 Å². The molecule has 0 amide bonds. The van der Waals surface area contributed by atoms with Crippen molar-refractivity contribution in [2.24, 2.45) is 0 Å². The zero-order valence-electron chi connectivity index (χ0n) is 10.8. The predicted octanol–water partition coefficient (Wildman–Crippen LogP) is 3.21. The largest absolute Gasteiger partial charge is 0.534 e. The lowest BCUT2D eigenvalue weighted by Gasteiger charge is -2.21. The molecule has 0 bridgehead atoms. The molecule has 4 nitrogen and oxygen atoms in total. The average Bonchev–Trinajstić information content (AvgIpc) is 2.34. The summed E-state index contributed by atoms with van der Waals surface area (Å²) in [4.78, 5) is 3.48. The number of pyridine rings is 1. The Morgan fingerprint density at radius 3 is 2.18 bits per heavy atom. The molecular formula is C11H9F6NO3S. The first-order valence-corrected chi connectivity index (χ1v) is 7.43. The van der Waals surface area contributed by atoms with E-state index >= 15 is 0 Å². The third kappa shape index (κ3) is 3.28. The van der Waals surface area contributed by atoms with Gasteiger partial charge in [0, 0.05) is 11.8 Å². The van der Waals surface area contributed by atoms with Gasteiger partial charge in [-0.3, -0.25) is 0 Å². The molecule has 22 heavy (non-hydrogen) atoms. The minimum Gasteiger partial charge on any atom is -0.355 e. The molecule has 1 aromatic heterocycles. The highest BCUT2D eigenvalue weighted by molar-refractivity contribution is 7.87. The van der Waals surface area contributed by atoms with Crippen LogP contribution in [-0.2, 0) is 29.1 Å². The zero-order chi connectivity index (χ0) is 16.8. The van der Waals surface area contributed by atoms with Gasteiger partial charge in [-0.25, -0.2) is 4.98 Å². The van der Waals surface area contributed by atoms with Gasteiger partial charge in [-0.2, -0.15) is 34.8 Å². The lowest BCUT2D eigenvalue weighted by atomic mass is 9.92. The highest BCUT2D eigenvalue weighted by Gasteiger charge is 2.49.